The molecular formula is C18H20N4O5. The minimum atomic E-state index is -0.514. The molecule has 1 saturated heterocycles. The maximum Gasteiger partial charge on any atom is 0.269 e. The smallest absolute Gasteiger partial charge is 0.269 e. The van der Waals surface area contributed by atoms with Crippen molar-refractivity contribution in [2.45, 2.75) is 38.8 Å². The van der Waals surface area contributed by atoms with Crippen LogP contribution in [0.15, 0.2) is 34.9 Å². The zero-order valence-corrected chi connectivity index (χ0v) is 14.9. The summed E-state index contributed by atoms with van der Waals surface area (Å²) in [5.74, 6) is 0.0847. The van der Waals surface area contributed by atoms with Crippen molar-refractivity contribution in [1.82, 2.24) is 15.4 Å². The molecule has 0 radical (unpaired) electrons. The third-order valence-electron chi connectivity index (χ3n) is 4.49. The number of likely N-dealkylation sites (tertiary alicyclic amines) is 1. The summed E-state index contributed by atoms with van der Waals surface area (Å²) in [4.78, 5) is 36.8. The van der Waals surface area contributed by atoms with Gasteiger partial charge in [0.1, 0.15) is 11.8 Å². The second kappa shape index (κ2) is 7.98. The molecule has 3 rings (SSSR count). The second-order valence-corrected chi connectivity index (χ2v) is 6.50. The largest absolute Gasteiger partial charge is 0.361 e. The number of aryl methyl sites for hydroxylation is 1. The number of nitro groups is 1. The van der Waals surface area contributed by atoms with Crippen LogP contribution in [0, 0.1) is 17.0 Å². The summed E-state index contributed by atoms with van der Waals surface area (Å²) in [6.45, 7) is 2.56. The highest BCUT2D eigenvalue weighted by atomic mass is 16.6. The molecule has 1 aromatic heterocycles. The molecule has 0 saturated carbocycles. The van der Waals surface area contributed by atoms with Gasteiger partial charge >= 0.3 is 0 Å². The molecule has 0 spiro atoms. The van der Waals surface area contributed by atoms with Crippen molar-refractivity contribution in [2.75, 3.05) is 6.54 Å². The molecule has 2 amide bonds. The first-order valence-electron chi connectivity index (χ1n) is 8.67. The van der Waals surface area contributed by atoms with E-state index in [0.717, 1.165) is 12.0 Å². The van der Waals surface area contributed by atoms with Crippen molar-refractivity contribution in [2.24, 2.45) is 0 Å². The minimum Gasteiger partial charge on any atom is -0.361 e. The van der Waals surface area contributed by atoms with Gasteiger partial charge in [-0.15, -0.1) is 0 Å². The van der Waals surface area contributed by atoms with E-state index < -0.39 is 11.0 Å². The summed E-state index contributed by atoms with van der Waals surface area (Å²) < 4.78 is 5.08. The molecule has 1 unspecified atom stereocenters. The van der Waals surface area contributed by atoms with Crippen molar-refractivity contribution < 1.29 is 19.0 Å². The Balaban J connectivity index is 1.56. The molecular weight excluding hydrogens is 352 g/mol. The molecule has 2 aromatic rings. The molecule has 1 N–H and O–H groups in total. The van der Waals surface area contributed by atoms with E-state index in [9.17, 15) is 19.7 Å². The summed E-state index contributed by atoms with van der Waals surface area (Å²) in [6, 6.07) is 7.18. The number of non-ortho nitro benzene ring substituents is 1. The standard InChI is InChI=1S/C18H20N4O5/c1-12-9-15(27-20-12)10-17(23)21-8-2-3-16(21)18(24)19-11-13-4-6-14(7-5-13)22(25)26/h4-7,9,16H,2-3,8,10-11H2,1H3,(H,19,24). The molecule has 1 aliphatic rings. The Morgan fingerprint density at radius 3 is 2.74 bits per heavy atom. The topological polar surface area (TPSA) is 119 Å². The van der Waals surface area contributed by atoms with Crippen LogP contribution in [-0.2, 0) is 22.6 Å². The normalized spacial score (nSPS) is 16.3. The Kier molecular flexibility index (Phi) is 5.49. The van der Waals surface area contributed by atoms with E-state index in [1.54, 1.807) is 30.0 Å². The fourth-order valence-electron chi connectivity index (χ4n) is 3.13. The molecule has 1 atom stereocenters. The highest BCUT2D eigenvalue weighted by molar-refractivity contribution is 5.88. The molecule has 0 aliphatic carbocycles. The van der Waals surface area contributed by atoms with Gasteiger partial charge in [0.05, 0.1) is 17.0 Å². The third-order valence-corrected chi connectivity index (χ3v) is 4.49. The predicted octanol–water partition coefficient (Wildman–Crippen LogP) is 1.74. The van der Waals surface area contributed by atoms with E-state index in [-0.39, 0.29) is 30.5 Å². The molecule has 9 nitrogen and oxygen atoms in total. The fraction of sp³-hybridized carbons (Fsp3) is 0.389. The molecule has 1 aromatic carbocycles. The number of carbonyl (C=O) groups is 2. The monoisotopic (exact) mass is 372 g/mol. The molecule has 0 bridgehead atoms. The molecule has 9 heteroatoms. The number of nitrogens with zero attached hydrogens (tertiary/aromatic N) is 3. The van der Waals surface area contributed by atoms with Gasteiger partial charge < -0.3 is 14.7 Å². The Morgan fingerprint density at radius 2 is 2.11 bits per heavy atom. The highest BCUT2D eigenvalue weighted by Gasteiger charge is 2.34. The summed E-state index contributed by atoms with van der Waals surface area (Å²) in [6.07, 6.45) is 1.44. The molecule has 27 heavy (non-hydrogen) atoms. The van der Waals surface area contributed by atoms with Gasteiger partial charge in [-0.3, -0.25) is 19.7 Å². The SMILES string of the molecule is Cc1cc(CC(=O)N2CCCC2C(=O)NCc2ccc([N+](=O)[O-])cc2)on1. The molecule has 1 aliphatic heterocycles. The van der Waals surface area contributed by atoms with Gasteiger partial charge in [0.15, 0.2) is 0 Å². The number of hydrogen-bond acceptors (Lipinski definition) is 6. The Hall–Kier alpha value is -3.23. The number of aromatic nitrogens is 1. The first kappa shape index (κ1) is 18.6. The quantitative estimate of drug-likeness (QED) is 0.609. The predicted molar refractivity (Wildman–Crippen MR) is 94.6 cm³/mol. The summed E-state index contributed by atoms with van der Waals surface area (Å²) in [7, 11) is 0. The maximum atomic E-state index is 12.5. The summed E-state index contributed by atoms with van der Waals surface area (Å²) in [5.41, 5.74) is 1.46. The van der Waals surface area contributed by atoms with Crippen molar-refractivity contribution in [3.63, 3.8) is 0 Å². The minimum absolute atomic E-state index is 0.000272. The first-order chi connectivity index (χ1) is 12.9. The van der Waals surface area contributed by atoms with Crippen LogP contribution in [0.2, 0.25) is 0 Å². The van der Waals surface area contributed by atoms with Crippen molar-refractivity contribution in [3.05, 3.63) is 57.5 Å². The van der Waals surface area contributed by atoms with E-state index >= 15 is 0 Å². The van der Waals surface area contributed by atoms with E-state index in [1.165, 1.54) is 12.1 Å². The van der Waals surface area contributed by atoms with Crippen LogP contribution < -0.4 is 5.32 Å². The number of benzene rings is 1. The Labute approximate surface area is 155 Å². The second-order valence-electron chi connectivity index (χ2n) is 6.50. The van der Waals surface area contributed by atoms with E-state index in [0.29, 0.717) is 24.4 Å². The lowest BCUT2D eigenvalue weighted by Gasteiger charge is -2.23. The van der Waals surface area contributed by atoms with Crippen LogP contribution in [0.5, 0.6) is 0 Å². The van der Waals surface area contributed by atoms with Gasteiger partial charge in [-0.2, -0.15) is 0 Å². The average Bonchev–Trinajstić information content (AvgIpc) is 3.29. The number of rotatable bonds is 6. The molecule has 2 heterocycles. The average molecular weight is 372 g/mol. The van der Waals surface area contributed by atoms with Crippen LogP contribution >= 0.6 is 0 Å². The van der Waals surface area contributed by atoms with Crippen LogP contribution in [0.4, 0.5) is 5.69 Å². The molecule has 142 valence electrons. The fourth-order valence-corrected chi connectivity index (χ4v) is 3.13. The first-order valence-corrected chi connectivity index (χ1v) is 8.67. The van der Waals surface area contributed by atoms with Gasteiger partial charge in [-0.25, -0.2) is 0 Å². The lowest BCUT2D eigenvalue weighted by atomic mass is 10.1. The zero-order valence-electron chi connectivity index (χ0n) is 14.9. The van der Waals surface area contributed by atoms with E-state index in [4.69, 9.17) is 4.52 Å². The van der Waals surface area contributed by atoms with Crippen LogP contribution in [0.25, 0.3) is 0 Å². The lowest BCUT2D eigenvalue weighted by molar-refractivity contribution is -0.384. The number of amides is 2. The maximum absolute atomic E-state index is 12.5. The molecule has 1 fully saturated rings. The number of nitro benzene ring substituents is 1. The van der Waals surface area contributed by atoms with E-state index in [1.807, 2.05) is 0 Å². The summed E-state index contributed by atoms with van der Waals surface area (Å²) in [5, 5.41) is 17.2. The Bertz CT molecular complexity index is 846. The van der Waals surface area contributed by atoms with Gasteiger partial charge in [0, 0.05) is 31.3 Å². The van der Waals surface area contributed by atoms with Crippen LogP contribution in [0.1, 0.15) is 29.9 Å². The van der Waals surface area contributed by atoms with Crippen LogP contribution in [-0.4, -0.2) is 39.4 Å². The van der Waals surface area contributed by atoms with E-state index in [2.05, 4.69) is 10.5 Å². The number of hydrogen-bond donors (Lipinski definition) is 1. The highest BCUT2D eigenvalue weighted by Crippen LogP contribution is 2.19. The van der Waals surface area contributed by atoms with Crippen molar-refractivity contribution in [1.29, 1.82) is 0 Å². The van der Waals surface area contributed by atoms with Gasteiger partial charge in [0.25, 0.3) is 5.69 Å². The third kappa shape index (κ3) is 4.49. The van der Waals surface area contributed by atoms with Gasteiger partial charge in [-0.05, 0) is 25.3 Å². The van der Waals surface area contributed by atoms with Crippen molar-refractivity contribution in [3.8, 4) is 0 Å². The Morgan fingerprint density at radius 1 is 1.37 bits per heavy atom. The number of carbonyl (C=O) groups excluding carboxylic acids is 2. The van der Waals surface area contributed by atoms with Crippen molar-refractivity contribution >= 4 is 17.5 Å². The lowest BCUT2D eigenvalue weighted by Crippen LogP contribution is -2.46. The number of nitrogens with one attached hydrogen (secondary N) is 1. The van der Waals surface area contributed by atoms with Gasteiger partial charge in [0.2, 0.25) is 11.8 Å². The van der Waals surface area contributed by atoms with Gasteiger partial charge in [-0.1, -0.05) is 17.3 Å². The summed E-state index contributed by atoms with van der Waals surface area (Å²) >= 11 is 0. The zero-order chi connectivity index (χ0) is 19.4. The van der Waals surface area contributed by atoms with Crippen LogP contribution in [0.3, 0.4) is 0 Å².